The average Bonchev–Trinajstić information content (AvgIpc) is 3.72. The molecule has 13 heteroatoms. The fraction of sp³-hybridized carbons (Fsp3) is 0.167. The first-order valence-electron chi connectivity index (χ1n) is 28.8. The lowest BCUT2D eigenvalue weighted by atomic mass is 9.96. The number of hydrogen-bond donors (Lipinski definition) is 0. The molecule has 0 aliphatic carbocycles. The van der Waals surface area contributed by atoms with E-state index in [-0.39, 0.29) is 31.8 Å². The van der Waals surface area contributed by atoms with Crippen LogP contribution < -0.4 is 0 Å². The monoisotopic (exact) mass is 1120 g/mol. The molecular formula is C72H63N7O6. The molecule has 0 aromatic heterocycles. The molecule has 0 saturated heterocycles. The smallest absolute Gasteiger partial charge is 0.269 e. The molecule has 12 aromatic carbocycles. The molecule has 0 amide bonds. The molecule has 85 heavy (non-hydrogen) atoms. The lowest BCUT2D eigenvalue weighted by molar-refractivity contribution is -0.385. The number of nitrogens with zero attached hydrogens (tertiary/aromatic N) is 7. The first kappa shape index (κ1) is 55.8. The van der Waals surface area contributed by atoms with Crippen LogP contribution in [0.4, 0.5) is 17.1 Å². The zero-order valence-corrected chi connectivity index (χ0v) is 47.1. The predicted molar refractivity (Wildman–Crippen MR) is 342 cm³/mol. The van der Waals surface area contributed by atoms with Crippen LogP contribution in [-0.2, 0) is 39.3 Å². The van der Waals surface area contributed by atoms with E-state index in [0.29, 0.717) is 78.5 Å². The van der Waals surface area contributed by atoms with Crippen molar-refractivity contribution in [1.82, 2.24) is 19.6 Å². The van der Waals surface area contributed by atoms with Crippen molar-refractivity contribution in [2.24, 2.45) is 0 Å². The largest absolute Gasteiger partial charge is 0.300 e. The quantitative estimate of drug-likeness (QED) is 0.0326. The van der Waals surface area contributed by atoms with Crippen LogP contribution in [0.25, 0.3) is 64.6 Å². The molecule has 0 saturated carbocycles. The van der Waals surface area contributed by atoms with Gasteiger partial charge in [0.25, 0.3) is 17.1 Å². The number of hydrogen-bond acceptors (Lipinski definition) is 10. The third kappa shape index (κ3) is 12.9. The van der Waals surface area contributed by atoms with Gasteiger partial charge in [0.05, 0.1) is 14.8 Å². The zero-order chi connectivity index (χ0) is 58.2. The molecule has 0 atom stereocenters. The maximum Gasteiger partial charge on any atom is 0.269 e. The molecule has 422 valence electrons. The highest BCUT2D eigenvalue weighted by Gasteiger charge is 2.22. The molecule has 0 N–H and O–H groups in total. The molecule has 0 radical (unpaired) electrons. The van der Waals surface area contributed by atoms with Gasteiger partial charge in [-0.2, -0.15) is 0 Å². The highest BCUT2D eigenvalue weighted by atomic mass is 16.6. The van der Waals surface area contributed by atoms with E-state index >= 15 is 0 Å². The predicted octanol–water partition coefficient (Wildman–Crippen LogP) is 16.0. The standard InChI is InChI=1S/C72H63N7O6/c80-77(81)61-31-25-52(26-32-61)46-74(49-70-64-19-7-1-13-55(64)43-56-14-2-8-20-65(56)70)40-37-73(38-41-75(47-53-27-33-62(34-28-53)78(82)83)50-71-66-21-9-3-15-57(66)44-58-16-4-10-22-67(58)71)39-42-76(48-54-29-35-63(36-30-54)79(84)85)51-72-68-23-11-5-17-59(68)45-60-18-6-12-24-69(60)72/h1-36,43-45H,37-42,46-51H2. The van der Waals surface area contributed by atoms with Crippen LogP contribution >= 0.6 is 0 Å². The van der Waals surface area contributed by atoms with Crippen molar-refractivity contribution >= 4 is 81.7 Å². The van der Waals surface area contributed by atoms with Gasteiger partial charge in [0.2, 0.25) is 0 Å². The second kappa shape index (κ2) is 25.4. The minimum absolute atomic E-state index is 0.0473. The second-order valence-electron chi connectivity index (χ2n) is 22.1. The van der Waals surface area contributed by atoms with Gasteiger partial charge >= 0.3 is 0 Å². The Balaban J connectivity index is 0.928. The molecule has 0 spiro atoms. The molecular weight excluding hydrogens is 1060 g/mol. The lowest BCUT2D eigenvalue weighted by Gasteiger charge is -2.33. The Bertz CT molecular complexity index is 3790. The summed E-state index contributed by atoms with van der Waals surface area (Å²) in [4.78, 5) is 44.5. The summed E-state index contributed by atoms with van der Waals surface area (Å²) in [7, 11) is 0. The van der Waals surface area contributed by atoms with Gasteiger partial charge in [-0.15, -0.1) is 0 Å². The van der Waals surface area contributed by atoms with Crippen molar-refractivity contribution in [3.63, 3.8) is 0 Å². The number of fused-ring (bicyclic) bond motifs is 6. The van der Waals surface area contributed by atoms with Gasteiger partial charge in [0.15, 0.2) is 0 Å². The molecule has 0 unspecified atom stereocenters. The summed E-state index contributed by atoms with van der Waals surface area (Å²) in [5.74, 6) is 0. The highest BCUT2D eigenvalue weighted by Crippen LogP contribution is 2.34. The lowest BCUT2D eigenvalue weighted by Crippen LogP contribution is -2.42. The maximum absolute atomic E-state index is 11.9. The first-order valence-corrected chi connectivity index (χ1v) is 28.8. The molecule has 0 aliphatic heterocycles. The number of benzene rings is 12. The molecule has 0 fully saturated rings. The van der Waals surface area contributed by atoms with Crippen molar-refractivity contribution in [2.75, 3.05) is 39.3 Å². The van der Waals surface area contributed by atoms with Crippen LogP contribution in [0.15, 0.2) is 237 Å². The summed E-state index contributed by atoms with van der Waals surface area (Å²) in [5.41, 5.74) is 6.70. The van der Waals surface area contributed by atoms with Crippen molar-refractivity contribution in [3.8, 4) is 0 Å². The van der Waals surface area contributed by atoms with Crippen LogP contribution in [0.1, 0.15) is 33.4 Å². The Kier molecular flexibility index (Phi) is 16.7. The summed E-state index contributed by atoms with van der Waals surface area (Å²) in [6.07, 6.45) is 0. The van der Waals surface area contributed by atoms with E-state index in [0.717, 1.165) is 49.0 Å². The zero-order valence-electron chi connectivity index (χ0n) is 47.1. The van der Waals surface area contributed by atoms with E-state index in [9.17, 15) is 30.3 Å². The average molecular weight is 1120 g/mol. The molecule has 12 aromatic rings. The molecule has 13 nitrogen and oxygen atoms in total. The van der Waals surface area contributed by atoms with Crippen molar-refractivity contribution < 1.29 is 14.8 Å². The van der Waals surface area contributed by atoms with Crippen molar-refractivity contribution in [1.29, 1.82) is 0 Å². The Morgan fingerprint density at radius 2 is 0.447 bits per heavy atom. The van der Waals surface area contributed by atoms with Crippen LogP contribution in [-0.4, -0.2) is 73.6 Å². The van der Waals surface area contributed by atoms with Gasteiger partial charge in [-0.25, -0.2) is 0 Å². The second-order valence-corrected chi connectivity index (χ2v) is 22.1. The maximum atomic E-state index is 11.9. The van der Waals surface area contributed by atoms with Crippen LogP contribution in [0.2, 0.25) is 0 Å². The van der Waals surface area contributed by atoms with Crippen LogP contribution in [0.3, 0.4) is 0 Å². The van der Waals surface area contributed by atoms with E-state index in [1.807, 2.05) is 36.4 Å². The molecule has 0 heterocycles. The normalized spacial score (nSPS) is 11.9. The fourth-order valence-electron chi connectivity index (χ4n) is 12.3. The van der Waals surface area contributed by atoms with Gasteiger partial charge in [-0.05, 0) is 116 Å². The Hall–Kier alpha value is -9.76. The van der Waals surface area contributed by atoms with Gasteiger partial charge in [-0.1, -0.05) is 182 Å². The Morgan fingerprint density at radius 3 is 0.659 bits per heavy atom. The molecule has 12 rings (SSSR count). The van der Waals surface area contributed by atoms with E-state index in [2.05, 4.69) is 183 Å². The number of rotatable bonds is 24. The molecule has 0 bridgehead atoms. The minimum atomic E-state index is -0.358. The summed E-state index contributed by atoms with van der Waals surface area (Å²) in [6, 6.07) is 78.7. The van der Waals surface area contributed by atoms with Gasteiger partial charge in [0.1, 0.15) is 0 Å². The summed E-state index contributed by atoms with van der Waals surface area (Å²) in [5, 5.41) is 49.6. The van der Waals surface area contributed by atoms with E-state index < -0.39 is 0 Å². The van der Waals surface area contributed by atoms with Crippen molar-refractivity contribution in [2.45, 2.75) is 39.3 Å². The summed E-state index contributed by atoms with van der Waals surface area (Å²) < 4.78 is 0. The third-order valence-corrected chi connectivity index (χ3v) is 16.7. The van der Waals surface area contributed by atoms with Gasteiger partial charge < -0.3 is 0 Å². The third-order valence-electron chi connectivity index (χ3n) is 16.7. The number of nitro benzene ring substituents is 3. The van der Waals surface area contributed by atoms with Gasteiger partial charge in [0, 0.05) is 115 Å². The minimum Gasteiger partial charge on any atom is -0.300 e. The molecule has 0 aliphatic rings. The van der Waals surface area contributed by atoms with Crippen molar-refractivity contribution in [3.05, 3.63) is 300 Å². The van der Waals surface area contributed by atoms with E-state index in [1.165, 1.54) is 49.0 Å². The van der Waals surface area contributed by atoms with E-state index in [4.69, 9.17) is 0 Å². The van der Waals surface area contributed by atoms with E-state index in [1.54, 1.807) is 36.4 Å². The number of non-ortho nitro benzene ring substituents is 3. The SMILES string of the molecule is O=[N+]([O-])c1ccc(CN(CCN(CCN(Cc2ccc([N+](=O)[O-])cc2)Cc2c3ccccc3cc3ccccc23)CCN(Cc2ccc([N+](=O)[O-])cc2)Cc2c3ccccc3cc3ccccc23)Cc2c3ccccc3cc3ccccc23)cc1. The van der Waals surface area contributed by atoms with Gasteiger partial charge in [-0.3, -0.25) is 49.9 Å². The summed E-state index contributed by atoms with van der Waals surface area (Å²) >= 11 is 0. The van der Waals surface area contributed by atoms with Crippen LogP contribution in [0, 0.1) is 30.3 Å². The Morgan fingerprint density at radius 1 is 0.247 bits per heavy atom. The fourth-order valence-corrected chi connectivity index (χ4v) is 12.3. The highest BCUT2D eigenvalue weighted by molar-refractivity contribution is 6.04. The topological polar surface area (TPSA) is 142 Å². The Labute approximate surface area is 492 Å². The van der Waals surface area contributed by atoms with Crippen LogP contribution in [0.5, 0.6) is 0 Å². The number of nitro groups is 3. The summed E-state index contributed by atoms with van der Waals surface area (Å²) in [6.45, 7) is 7.46. The first-order chi connectivity index (χ1) is 41.6.